The maximum atomic E-state index is 11.4. The Morgan fingerprint density at radius 2 is 2.06 bits per heavy atom. The molecule has 16 heavy (non-hydrogen) atoms. The Morgan fingerprint density at radius 1 is 1.44 bits per heavy atom. The van der Waals surface area contributed by atoms with Crippen molar-refractivity contribution in [2.45, 2.75) is 18.9 Å². The number of nitrogens with zero attached hydrogens (tertiary/aromatic N) is 1. The summed E-state index contributed by atoms with van der Waals surface area (Å²) < 4.78 is 4.97. The lowest BCUT2D eigenvalue weighted by atomic mass is 10.2. The molecular formula is C10H21N3O3. The van der Waals surface area contributed by atoms with E-state index in [9.17, 15) is 9.59 Å². The van der Waals surface area contributed by atoms with Crippen molar-refractivity contribution in [3.63, 3.8) is 0 Å². The predicted octanol–water partition coefficient (Wildman–Crippen LogP) is -1.06. The summed E-state index contributed by atoms with van der Waals surface area (Å²) in [5.41, 5.74) is 5.38. The first kappa shape index (κ1) is 14.9. The summed E-state index contributed by atoms with van der Waals surface area (Å²) >= 11 is 0. The Morgan fingerprint density at radius 3 is 2.50 bits per heavy atom. The van der Waals surface area contributed by atoms with Crippen LogP contribution in [0.15, 0.2) is 0 Å². The van der Waals surface area contributed by atoms with E-state index in [1.54, 1.807) is 14.1 Å². The monoisotopic (exact) mass is 231 g/mol. The fourth-order valence-electron chi connectivity index (χ4n) is 1.07. The van der Waals surface area contributed by atoms with Crippen molar-refractivity contribution in [1.29, 1.82) is 0 Å². The Balaban J connectivity index is 3.69. The van der Waals surface area contributed by atoms with E-state index in [4.69, 9.17) is 10.5 Å². The Hall–Kier alpha value is -1.14. The first-order valence-electron chi connectivity index (χ1n) is 5.21. The van der Waals surface area contributed by atoms with Gasteiger partial charge in [0.2, 0.25) is 11.8 Å². The molecule has 0 aromatic rings. The highest BCUT2D eigenvalue weighted by molar-refractivity contribution is 5.79. The van der Waals surface area contributed by atoms with Gasteiger partial charge >= 0.3 is 0 Å². The van der Waals surface area contributed by atoms with Crippen LogP contribution < -0.4 is 11.1 Å². The number of methoxy groups -OCH3 is 1. The second-order valence-corrected chi connectivity index (χ2v) is 3.69. The number of hydrogen-bond acceptors (Lipinski definition) is 4. The van der Waals surface area contributed by atoms with Crippen LogP contribution in [0.5, 0.6) is 0 Å². The van der Waals surface area contributed by atoms with Crippen molar-refractivity contribution in [3.8, 4) is 0 Å². The smallest absolute Gasteiger partial charge is 0.223 e. The van der Waals surface area contributed by atoms with Crippen molar-refractivity contribution in [3.05, 3.63) is 0 Å². The fourth-order valence-corrected chi connectivity index (χ4v) is 1.07. The largest absolute Gasteiger partial charge is 0.380 e. The standard InChI is InChI=1S/C10H21N3O3/c1-13(2)10(15)4-5-12-9(14)6-8(7-11)16-3/h8H,4-7,11H2,1-3H3,(H,12,14). The normalized spacial score (nSPS) is 12.0. The molecule has 94 valence electrons. The molecule has 0 heterocycles. The first-order valence-corrected chi connectivity index (χ1v) is 5.21. The van der Waals surface area contributed by atoms with E-state index >= 15 is 0 Å². The molecule has 0 radical (unpaired) electrons. The molecule has 0 aliphatic heterocycles. The molecule has 6 nitrogen and oxygen atoms in total. The topological polar surface area (TPSA) is 84.7 Å². The molecule has 0 spiro atoms. The number of nitrogens with one attached hydrogen (secondary N) is 1. The van der Waals surface area contributed by atoms with Crippen molar-refractivity contribution in [2.75, 3.05) is 34.3 Å². The van der Waals surface area contributed by atoms with Crippen LogP contribution in [0.1, 0.15) is 12.8 Å². The summed E-state index contributed by atoms with van der Waals surface area (Å²) in [6.45, 7) is 0.650. The lowest BCUT2D eigenvalue weighted by Gasteiger charge is -2.13. The molecule has 0 saturated heterocycles. The minimum absolute atomic E-state index is 0.0117. The summed E-state index contributed by atoms with van der Waals surface area (Å²) in [7, 11) is 4.87. The van der Waals surface area contributed by atoms with E-state index in [0.29, 0.717) is 19.5 Å². The summed E-state index contributed by atoms with van der Waals surface area (Å²) in [5.74, 6) is -0.161. The molecule has 0 aromatic carbocycles. The van der Waals surface area contributed by atoms with Gasteiger partial charge in [0.15, 0.2) is 0 Å². The number of rotatable bonds is 7. The van der Waals surface area contributed by atoms with Crippen LogP contribution in [0.3, 0.4) is 0 Å². The van der Waals surface area contributed by atoms with Gasteiger partial charge in [0.1, 0.15) is 0 Å². The molecule has 2 amide bonds. The molecule has 1 atom stereocenters. The van der Waals surface area contributed by atoms with Gasteiger partial charge in [-0.2, -0.15) is 0 Å². The number of carbonyl (C=O) groups is 2. The average molecular weight is 231 g/mol. The average Bonchev–Trinajstić information content (AvgIpc) is 2.25. The van der Waals surface area contributed by atoms with Crippen LogP contribution in [-0.2, 0) is 14.3 Å². The van der Waals surface area contributed by atoms with Crippen LogP contribution in [0.2, 0.25) is 0 Å². The third-order valence-corrected chi connectivity index (χ3v) is 2.17. The Bertz CT molecular complexity index is 227. The maximum Gasteiger partial charge on any atom is 0.223 e. The van der Waals surface area contributed by atoms with E-state index in [-0.39, 0.29) is 24.3 Å². The predicted molar refractivity (Wildman–Crippen MR) is 60.8 cm³/mol. The van der Waals surface area contributed by atoms with Gasteiger partial charge < -0.3 is 20.7 Å². The molecule has 0 aliphatic rings. The van der Waals surface area contributed by atoms with Crippen LogP contribution in [0.25, 0.3) is 0 Å². The van der Waals surface area contributed by atoms with E-state index in [1.165, 1.54) is 12.0 Å². The van der Waals surface area contributed by atoms with Gasteiger partial charge in [0.05, 0.1) is 12.5 Å². The van der Waals surface area contributed by atoms with Gasteiger partial charge in [-0.05, 0) is 0 Å². The lowest BCUT2D eigenvalue weighted by molar-refractivity contribution is -0.128. The maximum absolute atomic E-state index is 11.4. The van der Waals surface area contributed by atoms with Gasteiger partial charge in [0, 0.05) is 40.7 Å². The first-order chi connectivity index (χ1) is 7.51. The zero-order valence-corrected chi connectivity index (χ0v) is 10.2. The third-order valence-electron chi connectivity index (χ3n) is 2.17. The molecule has 0 bridgehead atoms. The van der Waals surface area contributed by atoms with E-state index < -0.39 is 0 Å². The second-order valence-electron chi connectivity index (χ2n) is 3.69. The summed E-state index contributed by atoms with van der Waals surface area (Å²) in [6, 6.07) is 0. The van der Waals surface area contributed by atoms with Crippen LogP contribution in [0, 0.1) is 0 Å². The van der Waals surface area contributed by atoms with Gasteiger partial charge in [-0.25, -0.2) is 0 Å². The van der Waals surface area contributed by atoms with Crippen molar-refractivity contribution in [2.24, 2.45) is 5.73 Å². The number of hydrogen-bond donors (Lipinski definition) is 2. The van der Waals surface area contributed by atoms with Crippen molar-refractivity contribution >= 4 is 11.8 Å². The van der Waals surface area contributed by atoms with E-state index in [0.717, 1.165) is 0 Å². The molecule has 6 heteroatoms. The highest BCUT2D eigenvalue weighted by Gasteiger charge is 2.11. The molecule has 1 unspecified atom stereocenters. The highest BCUT2D eigenvalue weighted by Crippen LogP contribution is 1.94. The summed E-state index contributed by atoms with van der Waals surface area (Å²) in [6.07, 6.45) is 0.270. The quantitative estimate of drug-likeness (QED) is 0.585. The summed E-state index contributed by atoms with van der Waals surface area (Å²) in [4.78, 5) is 24.0. The Kier molecular flexibility index (Phi) is 7.49. The second kappa shape index (κ2) is 8.06. The van der Waals surface area contributed by atoms with Crippen molar-refractivity contribution < 1.29 is 14.3 Å². The third kappa shape index (κ3) is 6.36. The van der Waals surface area contributed by atoms with Crippen LogP contribution in [-0.4, -0.2) is 57.1 Å². The minimum Gasteiger partial charge on any atom is -0.380 e. The molecular weight excluding hydrogens is 210 g/mol. The Labute approximate surface area is 96.1 Å². The fraction of sp³-hybridized carbons (Fsp3) is 0.800. The highest BCUT2D eigenvalue weighted by atomic mass is 16.5. The number of carbonyl (C=O) groups excluding carboxylic acids is 2. The van der Waals surface area contributed by atoms with Crippen LogP contribution in [0.4, 0.5) is 0 Å². The zero-order chi connectivity index (χ0) is 12.6. The van der Waals surface area contributed by atoms with Gasteiger partial charge in [-0.1, -0.05) is 0 Å². The minimum atomic E-state index is -0.260. The zero-order valence-electron chi connectivity index (χ0n) is 10.2. The summed E-state index contributed by atoms with van der Waals surface area (Å²) in [5, 5.41) is 2.65. The number of ether oxygens (including phenoxy) is 1. The molecule has 0 fully saturated rings. The molecule has 0 saturated carbocycles. The van der Waals surface area contributed by atoms with Gasteiger partial charge in [-0.15, -0.1) is 0 Å². The van der Waals surface area contributed by atoms with Gasteiger partial charge in [-0.3, -0.25) is 9.59 Å². The SMILES string of the molecule is COC(CN)CC(=O)NCCC(=O)N(C)C. The van der Waals surface area contributed by atoms with Crippen molar-refractivity contribution in [1.82, 2.24) is 10.2 Å². The molecule has 0 aromatic heterocycles. The van der Waals surface area contributed by atoms with Gasteiger partial charge in [0.25, 0.3) is 0 Å². The van der Waals surface area contributed by atoms with E-state index in [1.807, 2.05) is 0 Å². The van der Waals surface area contributed by atoms with Crippen LogP contribution >= 0.6 is 0 Å². The molecule has 0 rings (SSSR count). The lowest BCUT2D eigenvalue weighted by Crippen LogP contribution is -2.34. The number of nitrogens with two attached hydrogens (primary N) is 1. The van der Waals surface area contributed by atoms with E-state index in [2.05, 4.69) is 5.32 Å². The number of amides is 2. The molecule has 0 aliphatic carbocycles. The molecule has 3 N–H and O–H groups in total.